The summed E-state index contributed by atoms with van der Waals surface area (Å²) in [5, 5.41) is 14.8. The summed E-state index contributed by atoms with van der Waals surface area (Å²) in [5.74, 6) is -0.382. The number of nitrogens with zero attached hydrogens (tertiary/aromatic N) is 2. The number of hydrogen-bond donors (Lipinski definition) is 3. The lowest BCUT2D eigenvalue weighted by atomic mass is 9.78. The van der Waals surface area contributed by atoms with E-state index in [1.165, 1.54) is 0 Å². The van der Waals surface area contributed by atoms with Gasteiger partial charge in [0.2, 0.25) is 5.91 Å². The van der Waals surface area contributed by atoms with Gasteiger partial charge in [0.25, 0.3) is 0 Å². The Hall–Kier alpha value is -2.15. The van der Waals surface area contributed by atoms with Gasteiger partial charge in [-0.3, -0.25) is 9.78 Å². The fraction of sp³-hybridized carbons (Fsp3) is 0.462. The van der Waals surface area contributed by atoms with Crippen molar-refractivity contribution in [3.05, 3.63) is 24.0 Å². The van der Waals surface area contributed by atoms with Crippen LogP contribution in [0.15, 0.2) is 23.5 Å². The van der Waals surface area contributed by atoms with Crippen LogP contribution < -0.4 is 11.1 Å². The molecule has 2 heterocycles. The van der Waals surface area contributed by atoms with Crippen molar-refractivity contribution < 1.29 is 14.7 Å². The molecule has 0 bridgehead atoms. The molecule has 1 amide bonds. The van der Waals surface area contributed by atoms with E-state index in [-0.39, 0.29) is 11.7 Å². The normalized spacial score (nSPS) is 18.6. The maximum atomic E-state index is 12.6. The second-order valence-corrected chi connectivity index (χ2v) is 4.77. The van der Waals surface area contributed by atoms with Gasteiger partial charge in [0.1, 0.15) is 5.41 Å². The molecule has 4 N–H and O–H groups in total. The second kappa shape index (κ2) is 5.87. The van der Waals surface area contributed by atoms with Crippen molar-refractivity contribution >= 4 is 17.4 Å². The SMILES string of the molecule is Cc1ncccc1NC(=O)C1(C(N)=NO)CCOCC1. The molecule has 1 aliphatic heterocycles. The molecule has 1 aliphatic rings. The molecule has 0 radical (unpaired) electrons. The van der Waals surface area contributed by atoms with Gasteiger partial charge in [0.15, 0.2) is 5.84 Å². The summed E-state index contributed by atoms with van der Waals surface area (Å²) in [6, 6.07) is 3.50. The molecule has 0 aromatic carbocycles. The lowest BCUT2D eigenvalue weighted by molar-refractivity contribution is -0.126. The van der Waals surface area contributed by atoms with Crippen molar-refractivity contribution in [3.63, 3.8) is 0 Å². The van der Waals surface area contributed by atoms with Gasteiger partial charge >= 0.3 is 0 Å². The summed E-state index contributed by atoms with van der Waals surface area (Å²) in [4.78, 5) is 16.7. The van der Waals surface area contributed by atoms with Gasteiger partial charge in [-0.25, -0.2) is 0 Å². The first-order chi connectivity index (χ1) is 9.60. The Kier molecular flexibility index (Phi) is 4.19. The Bertz CT molecular complexity index is 524. The number of anilines is 1. The van der Waals surface area contributed by atoms with Crippen molar-refractivity contribution in [2.45, 2.75) is 19.8 Å². The van der Waals surface area contributed by atoms with Crippen LogP contribution in [0.5, 0.6) is 0 Å². The maximum absolute atomic E-state index is 12.6. The van der Waals surface area contributed by atoms with Gasteiger partial charge in [-0.05, 0) is 31.9 Å². The molecule has 0 atom stereocenters. The number of carbonyl (C=O) groups excluding carboxylic acids is 1. The van der Waals surface area contributed by atoms with Gasteiger partial charge in [-0.1, -0.05) is 5.16 Å². The minimum atomic E-state index is -1.03. The minimum Gasteiger partial charge on any atom is -0.409 e. The number of ether oxygens (including phenoxy) is 1. The number of carbonyl (C=O) groups is 1. The first-order valence-electron chi connectivity index (χ1n) is 6.39. The molecule has 0 saturated carbocycles. The average Bonchev–Trinajstić information content (AvgIpc) is 2.49. The zero-order valence-electron chi connectivity index (χ0n) is 11.3. The fourth-order valence-corrected chi connectivity index (χ4v) is 2.27. The number of amidine groups is 1. The summed E-state index contributed by atoms with van der Waals surface area (Å²) >= 11 is 0. The third-order valence-corrected chi connectivity index (χ3v) is 3.63. The van der Waals surface area contributed by atoms with Crippen molar-refractivity contribution in [3.8, 4) is 0 Å². The number of hydrogen-bond acceptors (Lipinski definition) is 5. The number of nitrogens with one attached hydrogen (secondary N) is 1. The molecule has 0 unspecified atom stereocenters. The predicted octanol–water partition coefficient (Wildman–Crippen LogP) is 0.872. The number of oxime groups is 1. The van der Waals surface area contributed by atoms with Gasteiger partial charge in [0, 0.05) is 19.4 Å². The quantitative estimate of drug-likeness (QED) is 0.329. The molecule has 0 spiro atoms. The molecule has 1 saturated heterocycles. The van der Waals surface area contributed by atoms with E-state index in [1.54, 1.807) is 25.3 Å². The van der Waals surface area contributed by atoms with Crippen molar-refractivity contribution in [1.82, 2.24) is 4.98 Å². The lowest BCUT2D eigenvalue weighted by Gasteiger charge is -2.34. The van der Waals surface area contributed by atoms with Crippen LogP contribution in [-0.2, 0) is 9.53 Å². The first kappa shape index (κ1) is 14.3. The molecule has 2 rings (SSSR count). The van der Waals surface area contributed by atoms with E-state index in [2.05, 4.69) is 15.5 Å². The highest BCUT2D eigenvalue weighted by Gasteiger charge is 2.44. The Morgan fingerprint density at radius 1 is 1.55 bits per heavy atom. The lowest BCUT2D eigenvalue weighted by Crippen LogP contribution is -2.50. The highest BCUT2D eigenvalue weighted by atomic mass is 16.5. The fourth-order valence-electron chi connectivity index (χ4n) is 2.27. The molecule has 108 valence electrons. The van der Waals surface area contributed by atoms with Crippen molar-refractivity contribution in [1.29, 1.82) is 0 Å². The van der Waals surface area contributed by atoms with E-state index in [0.29, 0.717) is 37.4 Å². The Morgan fingerprint density at radius 3 is 2.85 bits per heavy atom. The van der Waals surface area contributed by atoms with Gasteiger partial charge in [-0.2, -0.15) is 0 Å². The third kappa shape index (κ3) is 2.57. The first-order valence-corrected chi connectivity index (χ1v) is 6.39. The number of nitrogens with two attached hydrogens (primary N) is 1. The summed E-state index contributed by atoms with van der Waals surface area (Å²) < 4.78 is 5.26. The molecule has 7 heteroatoms. The zero-order chi connectivity index (χ0) is 14.6. The molecule has 1 aromatic rings. The third-order valence-electron chi connectivity index (χ3n) is 3.63. The standard InChI is InChI=1S/C13H18N4O3/c1-9-10(3-2-6-15-9)16-12(18)13(11(14)17-19)4-7-20-8-5-13/h2-3,6,19H,4-5,7-8H2,1H3,(H2,14,17)(H,16,18). The van der Waals surface area contributed by atoms with Crippen LogP contribution in [0, 0.1) is 12.3 Å². The number of aryl methyl sites for hydroxylation is 1. The van der Waals surface area contributed by atoms with E-state index < -0.39 is 5.41 Å². The Morgan fingerprint density at radius 2 is 2.25 bits per heavy atom. The second-order valence-electron chi connectivity index (χ2n) is 4.77. The highest BCUT2D eigenvalue weighted by Crippen LogP contribution is 2.32. The molecule has 0 aliphatic carbocycles. The largest absolute Gasteiger partial charge is 0.409 e. The van der Waals surface area contributed by atoms with Gasteiger partial charge in [0.05, 0.1) is 11.4 Å². The average molecular weight is 278 g/mol. The summed E-state index contributed by atoms with van der Waals surface area (Å²) in [6.07, 6.45) is 2.42. The smallest absolute Gasteiger partial charge is 0.238 e. The Labute approximate surface area is 116 Å². The van der Waals surface area contributed by atoms with Crippen LogP contribution >= 0.6 is 0 Å². The van der Waals surface area contributed by atoms with Crippen LogP contribution in [-0.4, -0.2) is 35.1 Å². The number of amides is 1. The van der Waals surface area contributed by atoms with E-state index in [1.807, 2.05) is 0 Å². The summed E-state index contributed by atoms with van der Waals surface area (Å²) in [7, 11) is 0. The number of rotatable bonds is 3. The van der Waals surface area contributed by atoms with E-state index >= 15 is 0 Å². The topological polar surface area (TPSA) is 110 Å². The van der Waals surface area contributed by atoms with Crippen LogP contribution in [0.4, 0.5) is 5.69 Å². The van der Waals surface area contributed by atoms with Gasteiger partial charge in [-0.15, -0.1) is 0 Å². The van der Waals surface area contributed by atoms with E-state index in [9.17, 15) is 4.79 Å². The van der Waals surface area contributed by atoms with E-state index in [0.717, 1.165) is 0 Å². The van der Waals surface area contributed by atoms with Crippen LogP contribution in [0.2, 0.25) is 0 Å². The molecule has 1 aromatic heterocycles. The van der Waals surface area contributed by atoms with Crippen molar-refractivity contribution in [2.75, 3.05) is 18.5 Å². The van der Waals surface area contributed by atoms with Gasteiger partial charge < -0.3 is 21.0 Å². The summed E-state index contributed by atoms with van der Waals surface area (Å²) in [6.45, 7) is 2.60. The maximum Gasteiger partial charge on any atom is 0.238 e. The van der Waals surface area contributed by atoms with Crippen LogP contribution in [0.3, 0.4) is 0 Å². The highest BCUT2D eigenvalue weighted by molar-refractivity contribution is 6.12. The van der Waals surface area contributed by atoms with Crippen LogP contribution in [0.1, 0.15) is 18.5 Å². The molecule has 7 nitrogen and oxygen atoms in total. The van der Waals surface area contributed by atoms with E-state index in [4.69, 9.17) is 15.7 Å². The number of aromatic nitrogens is 1. The summed E-state index contributed by atoms with van der Waals surface area (Å²) in [5.41, 5.74) is 6.04. The molecular formula is C13H18N4O3. The monoisotopic (exact) mass is 278 g/mol. The molecule has 20 heavy (non-hydrogen) atoms. The Balaban J connectivity index is 2.26. The number of pyridine rings is 1. The molecule has 1 fully saturated rings. The minimum absolute atomic E-state index is 0.0835. The van der Waals surface area contributed by atoms with Crippen molar-refractivity contribution in [2.24, 2.45) is 16.3 Å². The molecular weight excluding hydrogens is 260 g/mol. The predicted molar refractivity (Wildman–Crippen MR) is 73.5 cm³/mol. The van der Waals surface area contributed by atoms with Crippen LogP contribution in [0.25, 0.3) is 0 Å². The zero-order valence-corrected chi connectivity index (χ0v) is 11.3.